The maximum Gasteiger partial charge on any atom is 0.309 e. The molecule has 0 unspecified atom stereocenters. The molecule has 0 saturated heterocycles. The zero-order chi connectivity index (χ0) is 15.2. The van der Waals surface area contributed by atoms with E-state index < -0.39 is 5.97 Å². The maximum absolute atomic E-state index is 11.8. The summed E-state index contributed by atoms with van der Waals surface area (Å²) in [5.74, 6) is -1.09. The van der Waals surface area contributed by atoms with Crippen LogP contribution in [0.15, 0.2) is 29.6 Å². The second-order valence-corrected chi connectivity index (χ2v) is 5.77. The summed E-state index contributed by atoms with van der Waals surface area (Å²) in [6.07, 6.45) is 0.0193. The van der Waals surface area contributed by atoms with Crippen molar-refractivity contribution in [3.63, 3.8) is 0 Å². The van der Waals surface area contributed by atoms with Crippen LogP contribution in [-0.4, -0.2) is 22.0 Å². The number of carbonyl (C=O) groups is 2. The predicted octanol–water partition coefficient (Wildman–Crippen LogP) is 2.28. The molecule has 7 heteroatoms. The van der Waals surface area contributed by atoms with Crippen molar-refractivity contribution >= 4 is 34.8 Å². The molecule has 0 spiro atoms. The first kappa shape index (κ1) is 15.5. The summed E-state index contributed by atoms with van der Waals surface area (Å²) >= 11 is 7.15. The molecule has 110 valence electrons. The molecule has 0 radical (unpaired) electrons. The molecule has 1 aromatic heterocycles. The summed E-state index contributed by atoms with van der Waals surface area (Å²) in [4.78, 5) is 26.5. The normalized spacial score (nSPS) is 10.3. The highest BCUT2D eigenvalue weighted by molar-refractivity contribution is 7.09. The second kappa shape index (κ2) is 7.19. The maximum atomic E-state index is 11.8. The van der Waals surface area contributed by atoms with E-state index in [0.717, 1.165) is 5.56 Å². The van der Waals surface area contributed by atoms with E-state index in [0.29, 0.717) is 22.3 Å². The van der Waals surface area contributed by atoms with Crippen LogP contribution in [0.5, 0.6) is 0 Å². The summed E-state index contributed by atoms with van der Waals surface area (Å²) in [6.45, 7) is 0.396. The van der Waals surface area contributed by atoms with Crippen molar-refractivity contribution in [3.8, 4) is 0 Å². The van der Waals surface area contributed by atoms with Crippen molar-refractivity contribution in [2.75, 3.05) is 0 Å². The molecule has 0 fully saturated rings. The summed E-state index contributed by atoms with van der Waals surface area (Å²) in [6, 6.07) is 7.26. The number of thiazole rings is 1. The first-order chi connectivity index (χ1) is 10.0. The number of nitrogens with one attached hydrogen (secondary N) is 1. The van der Waals surface area contributed by atoms with Crippen LogP contribution in [0.4, 0.5) is 0 Å². The molecule has 0 bridgehead atoms. The number of hydrogen-bond donors (Lipinski definition) is 2. The van der Waals surface area contributed by atoms with E-state index in [-0.39, 0.29) is 18.7 Å². The fourth-order valence-corrected chi connectivity index (χ4v) is 2.72. The van der Waals surface area contributed by atoms with Gasteiger partial charge in [-0.2, -0.15) is 0 Å². The molecule has 1 heterocycles. The van der Waals surface area contributed by atoms with Crippen LogP contribution < -0.4 is 5.32 Å². The second-order valence-electron chi connectivity index (χ2n) is 4.39. The van der Waals surface area contributed by atoms with Gasteiger partial charge in [-0.05, 0) is 17.7 Å². The van der Waals surface area contributed by atoms with Gasteiger partial charge in [0.15, 0.2) is 0 Å². The first-order valence-electron chi connectivity index (χ1n) is 6.19. The SMILES string of the molecule is O=C(O)Cc1csc(CC(=O)NCc2cccc(Cl)c2)n1. The van der Waals surface area contributed by atoms with Gasteiger partial charge in [0.1, 0.15) is 5.01 Å². The van der Waals surface area contributed by atoms with Crippen LogP contribution in [0, 0.1) is 0 Å². The predicted molar refractivity (Wildman–Crippen MR) is 80.5 cm³/mol. The van der Waals surface area contributed by atoms with E-state index in [1.54, 1.807) is 17.5 Å². The smallest absolute Gasteiger partial charge is 0.309 e. The molecular formula is C14H13ClN2O3S. The van der Waals surface area contributed by atoms with Crippen molar-refractivity contribution in [1.82, 2.24) is 10.3 Å². The number of amides is 1. The number of rotatable bonds is 6. The van der Waals surface area contributed by atoms with Gasteiger partial charge in [-0.1, -0.05) is 23.7 Å². The van der Waals surface area contributed by atoms with E-state index in [9.17, 15) is 9.59 Å². The fraction of sp³-hybridized carbons (Fsp3) is 0.214. The van der Waals surface area contributed by atoms with Crippen LogP contribution >= 0.6 is 22.9 Å². The van der Waals surface area contributed by atoms with Crippen molar-refractivity contribution in [3.05, 3.63) is 50.9 Å². The fourth-order valence-electron chi connectivity index (χ4n) is 1.71. The average Bonchev–Trinajstić information content (AvgIpc) is 2.83. The molecule has 0 aliphatic rings. The van der Waals surface area contributed by atoms with Crippen LogP contribution in [0.1, 0.15) is 16.3 Å². The van der Waals surface area contributed by atoms with Gasteiger partial charge in [-0.25, -0.2) is 4.98 Å². The van der Waals surface area contributed by atoms with E-state index in [1.807, 2.05) is 12.1 Å². The molecular weight excluding hydrogens is 312 g/mol. The quantitative estimate of drug-likeness (QED) is 0.854. The molecule has 2 N–H and O–H groups in total. The number of aliphatic carboxylic acids is 1. The Hall–Kier alpha value is -1.92. The molecule has 5 nitrogen and oxygen atoms in total. The van der Waals surface area contributed by atoms with Crippen LogP contribution in [0.3, 0.4) is 0 Å². The lowest BCUT2D eigenvalue weighted by molar-refractivity contribution is -0.136. The van der Waals surface area contributed by atoms with Gasteiger partial charge >= 0.3 is 5.97 Å². The van der Waals surface area contributed by atoms with E-state index in [2.05, 4.69) is 10.3 Å². The summed E-state index contributed by atoms with van der Waals surface area (Å²) < 4.78 is 0. The van der Waals surface area contributed by atoms with E-state index in [1.165, 1.54) is 11.3 Å². The van der Waals surface area contributed by atoms with Crippen LogP contribution in [-0.2, 0) is 29.0 Å². The van der Waals surface area contributed by atoms with E-state index in [4.69, 9.17) is 16.7 Å². The van der Waals surface area contributed by atoms with Gasteiger partial charge in [-0.3, -0.25) is 9.59 Å². The third kappa shape index (κ3) is 5.17. The zero-order valence-corrected chi connectivity index (χ0v) is 12.6. The van der Waals surface area contributed by atoms with Gasteiger partial charge in [0.05, 0.1) is 18.5 Å². The van der Waals surface area contributed by atoms with E-state index >= 15 is 0 Å². The van der Waals surface area contributed by atoms with Crippen LogP contribution in [0.2, 0.25) is 5.02 Å². The lowest BCUT2D eigenvalue weighted by atomic mass is 10.2. The molecule has 1 aromatic carbocycles. The van der Waals surface area contributed by atoms with Crippen molar-refractivity contribution < 1.29 is 14.7 Å². The number of halogens is 1. The molecule has 1 amide bonds. The lowest BCUT2D eigenvalue weighted by Gasteiger charge is -2.04. The Morgan fingerprint density at radius 1 is 1.33 bits per heavy atom. The molecule has 0 atom stereocenters. The van der Waals surface area contributed by atoms with Gasteiger partial charge < -0.3 is 10.4 Å². The Kier molecular flexibility index (Phi) is 5.30. The number of carbonyl (C=O) groups excluding carboxylic acids is 1. The highest BCUT2D eigenvalue weighted by Crippen LogP contribution is 2.12. The van der Waals surface area contributed by atoms with Crippen molar-refractivity contribution in [2.24, 2.45) is 0 Å². The third-order valence-corrected chi connectivity index (χ3v) is 3.75. The van der Waals surface area contributed by atoms with Gasteiger partial charge in [0.2, 0.25) is 5.91 Å². The number of hydrogen-bond acceptors (Lipinski definition) is 4. The number of benzene rings is 1. The molecule has 2 aromatic rings. The monoisotopic (exact) mass is 324 g/mol. The number of carboxylic acid groups (broad SMARTS) is 1. The molecule has 21 heavy (non-hydrogen) atoms. The minimum Gasteiger partial charge on any atom is -0.481 e. The molecule has 0 aliphatic heterocycles. The summed E-state index contributed by atoms with van der Waals surface area (Å²) in [5.41, 5.74) is 1.40. The lowest BCUT2D eigenvalue weighted by Crippen LogP contribution is -2.24. The summed E-state index contributed by atoms with van der Waals surface area (Å²) in [5, 5.41) is 14.3. The largest absolute Gasteiger partial charge is 0.481 e. The van der Waals surface area contributed by atoms with Crippen LogP contribution in [0.25, 0.3) is 0 Å². The number of nitrogens with zero attached hydrogens (tertiary/aromatic N) is 1. The van der Waals surface area contributed by atoms with Crippen molar-refractivity contribution in [2.45, 2.75) is 19.4 Å². The topological polar surface area (TPSA) is 79.3 Å². The summed E-state index contributed by atoms with van der Waals surface area (Å²) in [7, 11) is 0. The Labute approximate surface area is 130 Å². The number of aromatic nitrogens is 1. The Bertz CT molecular complexity index is 657. The Morgan fingerprint density at radius 3 is 2.86 bits per heavy atom. The van der Waals surface area contributed by atoms with Gasteiger partial charge in [0.25, 0.3) is 0 Å². The zero-order valence-electron chi connectivity index (χ0n) is 11.0. The standard InChI is InChI=1S/C14H13ClN2O3S/c15-10-3-1-2-9(4-10)7-16-12(18)6-13-17-11(8-21-13)5-14(19)20/h1-4,8H,5-7H2,(H,16,18)(H,19,20). The molecule has 2 rings (SSSR count). The van der Waals surface area contributed by atoms with Crippen molar-refractivity contribution in [1.29, 1.82) is 0 Å². The highest BCUT2D eigenvalue weighted by Gasteiger charge is 2.10. The first-order valence-corrected chi connectivity index (χ1v) is 7.45. The average molecular weight is 325 g/mol. The highest BCUT2D eigenvalue weighted by atomic mass is 35.5. The minimum atomic E-state index is -0.933. The minimum absolute atomic E-state index is 0.124. The molecule has 0 saturated carbocycles. The Balaban J connectivity index is 1.84. The Morgan fingerprint density at radius 2 is 2.14 bits per heavy atom. The third-order valence-electron chi connectivity index (χ3n) is 2.62. The number of carboxylic acids is 1. The van der Waals surface area contributed by atoms with Gasteiger partial charge in [0, 0.05) is 16.9 Å². The molecule has 0 aliphatic carbocycles. The van der Waals surface area contributed by atoms with Gasteiger partial charge in [-0.15, -0.1) is 11.3 Å².